The molecule has 0 amide bonds. The number of aromatic amines is 1. The van der Waals surface area contributed by atoms with Crippen LogP contribution >= 0.6 is 23.6 Å². The summed E-state index contributed by atoms with van der Waals surface area (Å²) in [5.74, 6) is 0.182. The predicted molar refractivity (Wildman–Crippen MR) is 57.0 cm³/mol. The number of thiazole rings is 1. The molecular weight excluding hydrogens is 220 g/mol. The van der Waals surface area contributed by atoms with Crippen molar-refractivity contribution in [1.29, 1.82) is 0 Å². The van der Waals surface area contributed by atoms with Gasteiger partial charge in [-0.2, -0.15) is 0 Å². The van der Waals surface area contributed by atoms with Gasteiger partial charge in [-0.1, -0.05) is 0 Å². The number of esters is 1. The Morgan fingerprint density at radius 2 is 2.50 bits per heavy atom. The molecule has 0 saturated carbocycles. The SMILES string of the molecule is COC(=O)C1C=CNc2[nH]c(=S)sc21. The fourth-order valence-electron chi connectivity index (χ4n) is 1.29. The molecule has 2 N–H and O–H groups in total. The van der Waals surface area contributed by atoms with Crippen molar-refractivity contribution in [3.05, 3.63) is 21.1 Å². The van der Waals surface area contributed by atoms with Gasteiger partial charge in [0.05, 0.1) is 12.0 Å². The van der Waals surface area contributed by atoms with Crippen molar-refractivity contribution in [1.82, 2.24) is 4.98 Å². The zero-order valence-corrected chi connectivity index (χ0v) is 9.00. The second-order valence-corrected chi connectivity index (χ2v) is 4.48. The fourth-order valence-corrected chi connectivity index (χ4v) is 2.53. The van der Waals surface area contributed by atoms with E-state index in [1.807, 2.05) is 0 Å². The zero-order valence-electron chi connectivity index (χ0n) is 7.37. The molecule has 2 rings (SSSR count). The predicted octanol–water partition coefficient (Wildman–Crippen LogP) is 2.00. The Bertz CT molecular complexity index is 446. The highest BCUT2D eigenvalue weighted by molar-refractivity contribution is 7.73. The van der Waals surface area contributed by atoms with Gasteiger partial charge < -0.3 is 15.0 Å². The second kappa shape index (κ2) is 3.55. The van der Waals surface area contributed by atoms with E-state index in [4.69, 9.17) is 17.0 Å². The lowest BCUT2D eigenvalue weighted by atomic mass is 10.1. The van der Waals surface area contributed by atoms with Crippen LogP contribution in [0.2, 0.25) is 0 Å². The monoisotopic (exact) mass is 228 g/mol. The summed E-state index contributed by atoms with van der Waals surface area (Å²) in [6.45, 7) is 0. The van der Waals surface area contributed by atoms with Crippen LogP contribution in [0.15, 0.2) is 12.3 Å². The first kappa shape index (κ1) is 9.42. The highest BCUT2D eigenvalue weighted by Gasteiger charge is 2.26. The summed E-state index contributed by atoms with van der Waals surface area (Å²) < 4.78 is 5.35. The first-order valence-electron chi connectivity index (χ1n) is 3.96. The third-order valence-electron chi connectivity index (χ3n) is 1.93. The van der Waals surface area contributed by atoms with Gasteiger partial charge in [0.1, 0.15) is 11.7 Å². The first-order valence-corrected chi connectivity index (χ1v) is 5.19. The summed E-state index contributed by atoms with van der Waals surface area (Å²) in [6, 6.07) is 0. The first-order chi connectivity index (χ1) is 6.72. The Hall–Kier alpha value is -1.14. The summed E-state index contributed by atoms with van der Waals surface area (Å²) in [4.78, 5) is 15.2. The Morgan fingerprint density at radius 3 is 3.21 bits per heavy atom. The average molecular weight is 228 g/mol. The highest BCUT2D eigenvalue weighted by Crippen LogP contribution is 2.33. The lowest BCUT2D eigenvalue weighted by Crippen LogP contribution is -2.15. The van der Waals surface area contributed by atoms with Gasteiger partial charge in [-0.15, -0.1) is 11.3 Å². The molecule has 0 saturated heterocycles. The quantitative estimate of drug-likeness (QED) is 0.570. The topological polar surface area (TPSA) is 54.1 Å². The average Bonchev–Trinajstić information content (AvgIpc) is 2.56. The molecule has 1 aliphatic rings. The molecule has 1 unspecified atom stereocenters. The summed E-state index contributed by atoms with van der Waals surface area (Å²) >= 11 is 6.39. The summed E-state index contributed by atoms with van der Waals surface area (Å²) in [5, 5.41) is 2.99. The van der Waals surface area contributed by atoms with E-state index in [9.17, 15) is 4.79 Å². The van der Waals surface area contributed by atoms with Crippen molar-refractivity contribution < 1.29 is 9.53 Å². The number of H-pyrrole nitrogens is 1. The molecule has 0 aromatic carbocycles. The van der Waals surface area contributed by atoms with Crippen molar-refractivity contribution in [3.63, 3.8) is 0 Å². The van der Waals surface area contributed by atoms with Crippen LogP contribution in [0.3, 0.4) is 0 Å². The van der Waals surface area contributed by atoms with E-state index in [2.05, 4.69) is 10.3 Å². The minimum Gasteiger partial charge on any atom is -0.468 e. The molecule has 1 aromatic rings. The minimum absolute atomic E-state index is 0.269. The fraction of sp³-hybridized carbons (Fsp3) is 0.250. The van der Waals surface area contributed by atoms with Crippen molar-refractivity contribution in [3.8, 4) is 0 Å². The normalized spacial score (nSPS) is 18.5. The number of aromatic nitrogens is 1. The molecule has 4 nitrogen and oxygen atoms in total. The number of carbonyl (C=O) groups is 1. The van der Waals surface area contributed by atoms with Gasteiger partial charge in [-0.25, -0.2) is 0 Å². The Balaban J connectivity index is 2.44. The third kappa shape index (κ3) is 1.46. The number of nitrogens with one attached hydrogen (secondary N) is 2. The van der Waals surface area contributed by atoms with Crippen LogP contribution in [0.1, 0.15) is 10.8 Å². The maximum absolute atomic E-state index is 11.4. The molecular formula is C8H8N2O2S2. The molecule has 74 valence electrons. The number of rotatable bonds is 1. The van der Waals surface area contributed by atoms with Gasteiger partial charge in [0.15, 0.2) is 3.95 Å². The van der Waals surface area contributed by atoms with Crippen LogP contribution in [0.5, 0.6) is 0 Å². The molecule has 1 aliphatic heterocycles. The van der Waals surface area contributed by atoms with Gasteiger partial charge in [0.25, 0.3) is 0 Å². The number of ether oxygens (including phenoxy) is 1. The standard InChI is InChI=1S/C8H8N2O2S2/c1-12-7(11)4-2-3-9-6-5(4)14-8(13)10-6/h2-4,9H,1H3,(H,10,13). The molecule has 0 bridgehead atoms. The number of hydrogen-bond donors (Lipinski definition) is 2. The molecule has 2 heterocycles. The molecule has 1 atom stereocenters. The molecule has 1 aromatic heterocycles. The van der Waals surface area contributed by atoms with Crippen LogP contribution in [0.25, 0.3) is 0 Å². The van der Waals surface area contributed by atoms with Gasteiger partial charge in [-0.05, 0) is 24.5 Å². The Labute approximate surface area is 89.6 Å². The summed E-state index contributed by atoms with van der Waals surface area (Å²) in [5.41, 5.74) is 0. The molecule has 0 aliphatic carbocycles. The van der Waals surface area contributed by atoms with E-state index in [0.29, 0.717) is 3.95 Å². The summed E-state index contributed by atoms with van der Waals surface area (Å²) in [7, 11) is 1.38. The maximum Gasteiger partial charge on any atom is 0.318 e. The minimum atomic E-state index is -0.339. The largest absolute Gasteiger partial charge is 0.468 e. The second-order valence-electron chi connectivity index (χ2n) is 2.76. The van der Waals surface area contributed by atoms with Crippen molar-refractivity contribution >= 4 is 35.3 Å². The summed E-state index contributed by atoms with van der Waals surface area (Å²) in [6.07, 6.45) is 3.47. The van der Waals surface area contributed by atoms with E-state index in [1.54, 1.807) is 12.3 Å². The van der Waals surface area contributed by atoms with E-state index in [-0.39, 0.29) is 11.9 Å². The van der Waals surface area contributed by atoms with Crippen molar-refractivity contribution in [2.24, 2.45) is 0 Å². The number of fused-ring (bicyclic) bond motifs is 1. The molecule has 14 heavy (non-hydrogen) atoms. The van der Waals surface area contributed by atoms with E-state index in [1.165, 1.54) is 18.4 Å². The number of carbonyl (C=O) groups excluding carboxylic acids is 1. The Kier molecular flexibility index (Phi) is 2.39. The van der Waals surface area contributed by atoms with Gasteiger partial charge in [0.2, 0.25) is 0 Å². The van der Waals surface area contributed by atoms with Crippen LogP contribution in [0.4, 0.5) is 5.82 Å². The van der Waals surface area contributed by atoms with Gasteiger partial charge >= 0.3 is 5.97 Å². The number of methoxy groups -OCH3 is 1. The van der Waals surface area contributed by atoms with E-state index >= 15 is 0 Å². The third-order valence-corrected chi connectivity index (χ3v) is 3.25. The smallest absolute Gasteiger partial charge is 0.318 e. The number of anilines is 1. The Morgan fingerprint density at radius 1 is 1.71 bits per heavy atom. The van der Waals surface area contributed by atoms with Crippen molar-refractivity contribution in [2.75, 3.05) is 12.4 Å². The zero-order chi connectivity index (χ0) is 10.1. The van der Waals surface area contributed by atoms with E-state index < -0.39 is 0 Å². The van der Waals surface area contributed by atoms with Gasteiger partial charge in [0, 0.05) is 0 Å². The molecule has 0 fully saturated rings. The lowest BCUT2D eigenvalue weighted by molar-refractivity contribution is -0.141. The van der Waals surface area contributed by atoms with Crippen LogP contribution in [-0.4, -0.2) is 18.1 Å². The highest BCUT2D eigenvalue weighted by atomic mass is 32.1. The number of hydrogen-bond acceptors (Lipinski definition) is 5. The van der Waals surface area contributed by atoms with Crippen molar-refractivity contribution in [2.45, 2.75) is 5.92 Å². The molecule has 6 heteroatoms. The van der Waals surface area contributed by atoms with Crippen LogP contribution < -0.4 is 5.32 Å². The molecule has 0 radical (unpaired) electrons. The van der Waals surface area contributed by atoms with Crippen LogP contribution in [-0.2, 0) is 9.53 Å². The van der Waals surface area contributed by atoms with Crippen LogP contribution in [0, 0.1) is 3.95 Å². The lowest BCUT2D eigenvalue weighted by Gasteiger charge is -2.14. The maximum atomic E-state index is 11.4. The molecule has 0 spiro atoms. The van der Waals surface area contributed by atoms with E-state index in [0.717, 1.165) is 10.7 Å². The van der Waals surface area contributed by atoms with Gasteiger partial charge in [-0.3, -0.25) is 4.79 Å².